The number of para-hydroxylation sites is 1. The van der Waals surface area contributed by atoms with Gasteiger partial charge >= 0.3 is 0 Å². The lowest BCUT2D eigenvalue weighted by atomic mass is 9.98. The Morgan fingerprint density at radius 3 is 2.26 bits per heavy atom. The molecule has 170 valence electrons. The number of aryl methyl sites for hydroxylation is 1. The van der Waals surface area contributed by atoms with E-state index in [2.05, 4.69) is 4.98 Å². The highest BCUT2D eigenvalue weighted by Crippen LogP contribution is 2.35. The number of rotatable bonds is 3. The van der Waals surface area contributed by atoms with E-state index in [9.17, 15) is 13.2 Å². The van der Waals surface area contributed by atoms with Crippen molar-refractivity contribution in [3.63, 3.8) is 0 Å². The van der Waals surface area contributed by atoms with Crippen LogP contribution in [0.25, 0.3) is 44.0 Å². The molecule has 0 aliphatic heterocycles. The molecule has 0 radical (unpaired) electrons. The Labute approximate surface area is 201 Å². The maximum Gasteiger partial charge on any atom is 0.275 e. The quantitative estimate of drug-likeness (QED) is 0.255. The molecule has 35 heavy (non-hydrogen) atoms. The molecule has 6 nitrogen and oxygen atoms in total. The van der Waals surface area contributed by atoms with Crippen LogP contribution in [0, 0.1) is 6.92 Å². The summed E-state index contributed by atoms with van der Waals surface area (Å²) in [6.45, 7) is 1.88. The van der Waals surface area contributed by atoms with E-state index in [4.69, 9.17) is 4.98 Å². The first-order chi connectivity index (χ1) is 17.0. The molecule has 3 aromatic carbocycles. The van der Waals surface area contributed by atoms with Crippen LogP contribution in [0.15, 0.2) is 107 Å². The first-order valence-electron chi connectivity index (χ1n) is 11.1. The maximum absolute atomic E-state index is 14.2. The molecule has 0 saturated heterocycles. The monoisotopic (exact) mass is 477 g/mol. The van der Waals surface area contributed by atoms with E-state index in [1.165, 1.54) is 12.1 Å². The number of hydrogen-bond donors (Lipinski definition) is 0. The smallest absolute Gasteiger partial charge is 0.267 e. The molecule has 0 aliphatic rings. The third-order valence-corrected chi connectivity index (χ3v) is 7.85. The highest BCUT2D eigenvalue weighted by atomic mass is 32.2. The van der Waals surface area contributed by atoms with Crippen molar-refractivity contribution in [1.82, 2.24) is 13.9 Å². The summed E-state index contributed by atoms with van der Waals surface area (Å²) < 4.78 is 28.6. The van der Waals surface area contributed by atoms with Crippen LogP contribution in [0.4, 0.5) is 0 Å². The molecule has 7 heteroatoms. The van der Waals surface area contributed by atoms with E-state index in [-0.39, 0.29) is 15.8 Å². The van der Waals surface area contributed by atoms with Crippen molar-refractivity contribution in [3.05, 3.63) is 113 Å². The number of benzene rings is 3. The highest BCUT2D eigenvalue weighted by molar-refractivity contribution is 7.90. The van der Waals surface area contributed by atoms with Crippen LogP contribution in [0.5, 0.6) is 0 Å². The minimum Gasteiger partial charge on any atom is -0.267 e. The van der Waals surface area contributed by atoms with Crippen LogP contribution < -0.4 is 5.56 Å². The van der Waals surface area contributed by atoms with Gasteiger partial charge in [-0.1, -0.05) is 66.2 Å². The Morgan fingerprint density at radius 1 is 0.771 bits per heavy atom. The molecule has 0 atom stereocenters. The van der Waals surface area contributed by atoms with Gasteiger partial charge in [-0.2, -0.15) is 3.97 Å². The van der Waals surface area contributed by atoms with Crippen LogP contribution >= 0.6 is 0 Å². The largest absolute Gasteiger partial charge is 0.275 e. The molecule has 3 aromatic heterocycles. The van der Waals surface area contributed by atoms with Gasteiger partial charge in [-0.3, -0.25) is 9.78 Å². The topological polar surface area (TPSA) is 81.9 Å². The van der Waals surface area contributed by atoms with Gasteiger partial charge < -0.3 is 0 Å². The molecule has 0 saturated carbocycles. The third-order valence-electron chi connectivity index (χ3n) is 6.14. The van der Waals surface area contributed by atoms with Crippen molar-refractivity contribution in [1.29, 1.82) is 0 Å². The minimum absolute atomic E-state index is 0.0443. The molecule has 0 amide bonds. The van der Waals surface area contributed by atoms with Crippen molar-refractivity contribution in [2.75, 3.05) is 0 Å². The van der Waals surface area contributed by atoms with Crippen LogP contribution in [0.1, 0.15) is 5.56 Å². The zero-order valence-electron chi connectivity index (χ0n) is 18.7. The normalized spacial score (nSPS) is 11.9. The van der Waals surface area contributed by atoms with E-state index in [0.29, 0.717) is 27.5 Å². The fourth-order valence-corrected chi connectivity index (χ4v) is 5.92. The van der Waals surface area contributed by atoms with Gasteiger partial charge in [0.25, 0.3) is 15.6 Å². The van der Waals surface area contributed by atoms with Crippen molar-refractivity contribution < 1.29 is 8.42 Å². The van der Waals surface area contributed by atoms with Gasteiger partial charge in [0.2, 0.25) is 0 Å². The van der Waals surface area contributed by atoms with Gasteiger partial charge in [-0.15, -0.1) is 0 Å². The standard InChI is InChI=1S/C28H19N3O3S/c1-18-13-15-20(16-14-18)35(33,34)31-23-12-6-5-10-21(23)26-25(28(31)32)24(19-8-3-2-4-9-19)27-22(30-26)11-7-17-29-27/h2-17H,1H3. The number of nitrogens with zero attached hydrogens (tertiary/aromatic N) is 3. The predicted octanol–water partition coefficient (Wildman–Crippen LogP) is 5.31. The van der Waals surface area contributed by atoms with Crippen molar-refractivity contribution in [3.8, 4) is 11.1 Å². The Balaban J connectivity index is 1.87. The first kappa shape index (κ1) is 21.2. The van der Waals surface area contributed by atoms with E-state index >= 15 is 0 Å². The highest BCUT2D eigenvalue weighted by Gasteiger charge is 2.26. The molecule has 6 aromatic rings. The zero-order chi connectivity index (χ0) is 24.2. The fraction of sp³-hybridized carbons (Fsp3) is 0.0357. The lowest BCUT2D eigenvalue weighted by Gasteiger charge is -2.16. The number of pyridine rings is 3. The molecule has 0 unspecified atom stereocenters. The van der Waals surface area contributed by atoms with Crippen LogP contribution in [0.3, 0.4) is 0 Å². The second-order valence-electron chi connectivity index (χ2n) is 8.35. The van der Waals surface area contributed by atoms with Gasteiger partial charge in [0.15, 0.2) is 0 Å². The summed E-state index contributed by atoms with van der Waals surface area (Å²) >= 11 is 0. The minimum atomic E-state index is -4.20. The lowest BCUT2D eigenvalue weighted by Crippen LogP contribution is -2.28. The van der Waals surface area contributed by atoms with Crippen LogP contribution in [0.2, 0.25) is 0 Å². The Bertz CT molecular complexity index is 1930. The van der Waals surface area contributed by atoms with Gasteiger partial charge in [0.05, 0.1) is 32.3 Å². The lowest BCUT2D eigenvalue weighted by molar-refractivity contribution is 0.587. The Hall–Kier alpha value is -4.36. The van der Waals surface area contributed by atoms with Gasteiger partial charge in [-0.25, -0.2) is 13.4 Å². The maximum atomic E-state index is 14.2. The van der Waals surface area contributed by atoms with Crippen LogP contribution in [-0.4, -0.2) is 22.4 Å². The summed E-state index contributed by atoms with van der Waals surface area (Å²) in [4.78, 5) is 23.5. The van der Waals surface area contributed by atoms with E-state index < -0.39 is 15.6 Å². The second kappa shape index (κ2) is 7.85. The first-order valence-corrected chi connectivity index (χ1v) is 12.5. The Kier molecular flexibility index (Phi) is 4.76. The van der Waals surface area contributed by atoms with Gasteiger partial charge in [0, 0.05) is 17.1 Å². The van der Waals surface area contributed by atoms with Crippen molar-refractivity contribution in [2.24, 2.45) is 0 Å². The molecule has 3 heterocycles. The summed E-state index contributed by atoms with van der Waals surface area (Å²) in [7, 11) is -4.20. The average Bonchev–Trinajstić information content (AvgIpc) is 2.88. The number of aromatic nitrogens is 3. The third kappa shape index (κ3) is 3.24. The summed E-state index contributed by atoms with van der Waals surface area (Å²) in [5.41, 5.74) is 3.48. The summed E-state index contributed by atoms with van der Waals surface area (Å²) in [6, 6.07) is 26.5. The predicted molar refractivity (Wildman–Crippen MR) is 138 cm³/mol. The number of fused-ring (bicyclic) bond motifs is 4. The molecule has 0 N–H and O–H groups in total. The average molecular weight is 478 g/mol. The molecule has 0 spiro atoms. The van der Waals surface area contributed by atoms with Gasteiger partial charge in [-0.05, 0) is 42.8 Å². The van der Waals surface area contributed by atoms with E-state index in [1.807, 2.05) is 49.4 Å². The summed E-state index contributed by atoms with van der Waals surface area (Å²) in [5.74, 6) is 0. The zero-order valence-corrected chi connectivity index (χ0v) is 19.5. The molecular weight excluding hydrogens is 458 g/mol. The fourth-order valence-electron chi connectivity index (χ4n) is 4.50. The van der Waals surface area contributed by atoms with Crippen molar-refractivity contribution >= 4 is 42.9 Å². The molecule has 0 aliphatic carbocycles. The summed E-state index contributed by atoms with van der Waals surface area (Å²) in [6.07, 6.45) is 1.64. The number of hydrogen-bond acceptors (Lipinski definition) is 5. The van der Waals surface area contributed by atoms with Gasteiger partial charge in [0.1, 0.15) is 0 Å². The molecule has 0 bridgehead atoms. The Morgan fingerprint density at radius 2 is 1.49 bits per heavy atom. The van der Waals surface area contributed by atoms with E-state index in [1.54, 1.807) is 42.6 Å². The van der Waals surface area contributed by atoms with E-state index in [0.717, 1.165) is 15.1 Å². The second-order valence-corrected chi connectivity index (χ2v) is 10.1. The van der Waals surface area contributed by atoms with Crippen molar-refractivity contribution in [2.45, 2.75) is 11.8 Å². The van der Waals surface area contributed by atoms with Crippen LogP contribution in [-0.2, 0) is 10.0 Å². The summed E-state index contributed by atoms with van der Waals surface area (Å²) in [5, 5.41) is 0.789. The molecular formula is C28H19N3O3S. The SMILES string of the molecule is Cc1ccc(S(=O)(=O)n2c(=O)c3c(-c4ccccc4)c4ncccc4nc3c3ccccc32)cc1. The molecule has 6 rings (SSSR count). The molecule has 0 fully saturated rings.